The van der Waals surface area contributed by atoms with Crippen molar-refractivity contribution in [2.24, 2.45) is 0 Å². The van der Waals surface area contributed by atoms with Gasteiger partial charge in [0.25, 0.3) is 5.91 Å². The van der Waals surface area contributed by atoms with Crippen molar-refractivity contribution in [3.8, 4) is 0 Å². The van der Waals surface area contributed by atoms with E-state index in [1.165, 1.54) is 5.56 Å². The van der Waals surface area contributed by atoms with Crippen molar-refractivity contribution in [3.63, 3.8) is 0 Å². The highest BCUT2D eigenvalue weighted by Crippen LogP contribution is 2.16. The summed E-state index contributed by atoms with van der Waals surface area (Å²) in [5, 5.41) is 2.96. The second-order valence-electron chi connectivity index (χ2n) is 6.25. The fraction of sp³-hybridized carbons (Fsp3) is 0.400. The maximum absolute atomic E-state index is 12.4. The molecule has 0 radical (unpaired) electrons. The highest BCUT2D eigenvalue weighted by atomic mass is 16.5. The van der Waals surface area contributed by atoms with Crippen molar-refractivity contribution < 1.29 is 9.53 Å². The maximum atomic E-state index is 12.4. The van der Waals surface area contributed by atoms with E-state index in [1.807, 2.05) is 24.3 Å². The molecule has 2 heterocycles. The van der Waals surface area contributed by atoms with Crippen LogP contribution in [0.15, 0.2) is 48.7 Å². The van der Waals surface area contributed by atoms with Crippen LogP contribution in [0.5, 0.6) is 0 Å². The zero-order valence-electron chi connectivity index (χ0n) is 14.6. The molecular weight excluding hydrogens is 314 g/mol. The van der Waals surface area contributed by atoms with Gasteiger partial charge in [0.1, 0.15) is 5.82 Å². The number of rotatable bonds is 7. The Balaban J connectivity index is 1.65. The lowest BCUT2D eigenvalue weighted by Gasteiger charge is -2.22. The standard InChI is InChI=1S/C20H25N3O2/c1-2-23(15-16-7-4-3-5-8-16)19-13-17(10-11-21-19)20(24)22-14-18-9-6-12-25-18/h3-5,7-8,10-11,13,18H,2,6,9,12,14-15H2,1H3,(H,22,24). The van der Waals surface area contributed by atoms with Gasteiger partial charge in [-0.15, -0.1) is 0 Å². The number of nitrogens with one attached hydrogen (secondary N) is 1. The third kappa shape index (κ3) is 4.79. The largest absolute Gasteiger partial charge is 0.376 e. The van der Waals surface area contributed by atoms with Gasteiger partial charge in [-0.2, -0.15) is 0 Å². The molecule has 0 spiro atoms. The first-order chi connectivity index (χ1) is 12.3. The topological polar surface area (TPSA) is 54.5 Å². The summed E-state index contributed by atoms with van der Waals surface area (Å²) in [6.45, 7) is 5.05. The molecule has 1 atom stereocenters. The smallest absolute Gasteiger partial charge is 0.251 e. The first-order valence-corrected chi connectivity index (χ1v) is 8.91. The molecular formula is C20H25N3O2. The molecule has 0 bridgehead atoms. The van der Waals surface area contributed by atoms with Gasteiger partial charge in [0, 0.05) is 38.0 Å². The molecule has 1 unspecified atom stereocenters. The Labute approximate surface area is 149 Å². The Hall–Kier alpha value is -2.40. The van der Waals surface area contributed by atoms with Crippen LogP contribution < -0.4 is 10.2 Å². The monoisotopic (exact) mass is 339 g/mol. The summed E-state index contributed by atoms with van der Waals surface area (Å²) in [6, 6.07) is 13.9. The van der Waals surface area contributed by atoms with E-state index in [4.69, 9.17) is 4.74 Å². The van der Waals surface area contributed by atoms with Crippen LogP contribution in [0.4, 0.5) is 5.82 Å². The molecule has 1 aliphatic rings. The van der Waals surface area contributed by atoms with E-state index in [9.17, 15) is 4.79 Å². The molecule has 1 saturated heterocycles. The summed E-state index contributed by atoms with van der Waals surface area (Å²) >= 11 is 0. The Morgan fingerprint density at radius 1 is 1.32 bits per heavy atom. The Bertz CT molecular complexity index is 684. The average molecular weight is 339 g/mol. The van der Waals surface area contributed by atoms with Gasteiger partial charge in [-0.25, -0.2) is 4.98 Å². The fourth-order valence-electron chi connectivity index (χ4n) is 3.01. The molecule has 2 aromatic rings. The Kier molecular flexibility index (Phi) is 6.01. The number of aromatic nitrogens is 1. The predicted octanol–water partition coefficient (Wildman–Crippen LogP) is 3.02. The summed E-state index contributed by atoms with van der Waals surface area (Å²) in [5.74, 6) is 0.742. The van der Waals surface area contributed by atoms with E-state index in [1.54, 1.807) is 12.3 Å². The third-order valence-corrected chi connectivity index (χ3v) is 4.44. The lowest BCUT2D eigenvalue weighted by Crippen LogP contribution is -2.32. The molecule has 25 heavy (non-hydrogen) atoms. The highest BCUT2D eigenvalue weighted by Gasteiger charge is 2.17. The number of anilines is 1. The lowest BCUT2D eigenvalue weighted by molar-refractivity contribution is 0.0857. The summed E-state index contributed by atoms with van der Waals surface area (Å²) in [6.07, 6.45) is 3.94. The number of carbonyl (C=O) groups excluding carboxylic acids is 1. The summed E-state index contributed by atoms with van der Waals surface area (Å²) in [7, 11) is 0. The fourth-order valence-corrected chi connectivity index (χ4v) is 3.01. The molecule has 3 rings (SSSR count). The van der Waals surface area contributed by atoms with Gasteiger partial charge in [0.15, 0.2) is 0 Å². The number of hydrogen-bond acceptors (Lipinski definition) is 4. The van der Waals surface area contributed by atoms with Crippen LogP contribution in [0, 0.1) is 0 Å². The van der Waals surface area contributed by atoms with E-state index >= 15 is 0 Å². The molecule has 1 N–H and O–H groups in total. The zero-order valence-corrected chi connectivity index (χ0v) is 14.6. The van der Waals surface area contributed by atoms with Gasteiger partial charge in [0.05, 0.1) is 6.10 Å². The lowest BCUT2D eigenvalue weighted by atomic mass is 10.2. The van der Waals surface area contributed by atoms with E-state index in [2.05, 4.69) is 34.3 Å². The molecule has 132 valence electrons. The molecule has 1 aromatic carbocycles. The van der Waals surface area contributed by atoms with Gasteiger partial charge in [-0.05, 0) is 37.5 Å². The van der Waals surface area contributed by atoms with Crippen LogP contribution in [-0.2, 0) is 11.3 Å². The minimum Gasteiger partial charge on any atom is -0.376 e. The van der Waals surface area contributed by atoms with Crippen LogP contribution >= 0.6 is 0 Å². The van der Waals surface area contributed by atoms with Crippen molar-refractivity contribution in [1.29, 1.82) is 0 Å². The summed E-state index contributed by atoms with van der Waals surface area (Å²) in [4.78, 5) is 19.0. The molecule has 1 aliphatic heterocycles. The number of amides is 1. The maximum Gasteiger partial charge on any atom is 0.251 e. The second kappa shape index (κ2) is 8.62. The van der Waals surface area contributed by atoms with Crippen molar-refractivity contribution in [3.05, 3.63) is 59.8 Å². The summed E-state index contributed by atoms with van der Waals surface area (Å²) in [5.41, 5.74) is 1.86. The third-order valence-electron chi connectivity index (χ3n) is 4.44. The minimum absolute atomic E-state index is 0.0742. The van der Waals surface area contributed by atoms with Crippen LogP contribution in [0.2, 0.25) is 0 Å². The Morgan fingerprint density at radius 2 is 2.16 bits per heavy atom. The number of benzene rings is 1. The normalized spacial score (nSPS) is 16.6. The van der Waals surface area contributed by atoms with E-state index in [-0.39, 0.29) is 12.0 Å². The molecule has 0 saturated carbocycles. The van der Waals surface area contributed by atoms with Crippen molar-refractivity contribution >= 4 is 11.7 Å². The molecule has 5 heteroatoms. The highest BCUT2D eigenvalue weighted by molar-refractivity contribution is 5.94. The predicted molar refractivity (Wildman–Crippen MR) is 98.7 cm³/mol. The van der Waals surface area contributed by atoms with Crippen LogP contribution in [-0.4, -0.2) is 36.7 Å². The number of ether oxygens (including phenoxy) is 1. The number of carbonyl (C=O) groups is 1. The van der Waals surface area contributed by atoms with Gasteiger partial charge < -0.3 is 15.0 Å². The van der Waals surface area contributed by atoms with Gasteiger partial charge in [-0.1, -0.05) is 30.3 Å². The van der Waals surface area contributed by atoms with Crippen molar-refractivity contribution in [2.75, 3.05) is 24.6 Å². The van der Waals surface area contributed by atoms with Gasteiger partial charge >= 0.3 is 0 Å². The van der Waals surface area contributed by atoms with E-state index in [0.29, 0.717) is 12.1 Å². The van der Waals surface area contributed by atoms with Crippen LogP contribution in [0.3, 0.4) is 0 Å². The molecule has 5 nitrogen and oxygen atoms in total. The first-order valence-electron chi connectivity index (χ1n) is 8.91. The van der Waals surface area contributed by atoms with Crippen LogP contribution in [0.1, 0.15) is 35.7 Å². The number of pyridine rings is 1. The molecule has 1 amide bonds. The first kappa shape index (κ1) is 17.4. The Morgan fingerprint density at radius 3 is 2.88 bits per heavy atom. The SMILES string of the molecule is CCN(Cc1ccccc1)c1cc(C(=O)NCC2CCCO2)ccn1. The quantitative estimate of drug-likeness (QED) is 0.842. The van der Waals surface area contributed by atoms with E-state index < -0.39 is 0 Å². The van der Waals surface area contributed by atoms with Gasteiger partial charge in [-0.3, -0.25) is 4.79 Å². The molecule has 1 fully saturated rings. The zero-order chi connectivity index (χ0) is 17.5. The summed E-state index contributed by atoms with van der Waals surface area (Å²) < 4.78 is 5.55. The van der Waals surface area contributed by atoms with Gasteiger partial charge in [0.2, 0.25) is 0 Å². The minimum atomic E-state index is -0.0742. The molecule has 1 aromatic heterocycles. The second-order valence-corrected chi connectivity index (χ2v) is 6.25. The van der Waals surface area contributed by atoms with Crippen molar-refractivity contribution in [1.82, 2.24) is 10.3 Å². The van der Waals surface area contributed by atoms with E-state index in [0.717, 1.165) is 38.4 Å². The van der Waals surface area contributed by atoms with Crippen LogP contribution in [0.25, 0.3) is 0 Å². The molecule has 0 aliphatic carbocycles. The van der Waals surface area contributed by atoms with Crippen molar-refractivity contribution in [2.45, 2.75) is 32.4 Å². The average Bonchev–Trinajstić information content (AvgIpc) is 3.19. The number of nitrogens with zero attached hydrogens (tertiary/aromatic N) is 2. The number of hydrogen-bond donors (Lipinski definition) is 1.